The van der Waals surface area contributed by atoms with Crippen LogP contribution >= 0.6 is 0 Å². The van der Waals surface area contributed by atoms with Gasteiger partial charge in [-0.05, 0) is 55.8 Å². The fourth-order valence-corrected chi connectivity index (χ4v) is 4.37. The van der Waals surface area contributed by atoms with Gasteiger partial charge in [0.05, 0.1) is 17.6 Å². The van der Waals surface area contributed by atoms with Gasteiger partial charge >= 0.3 is 0 Å². The van der Waals surface area contributed by atoms with Gasteiger partial charge in [-0.3, -0.25) is 0 Å². The molecule has 1 aliphatic heterocycles. The second-order valence-electron chi connectivity index (χ2n) is 7.11. The maximum atomic E-state index is 4.83. The average molecular weight is 309 g/mol. The summed E-state index contributed by atoms with van der Waals surface area (Å²) in [6, 6.07) is 10.7. The maximum Gasteiger partial charge on any atom is 0.0649 e. The lowest BCUT2D eigenvalue weighted by Crippen LogP contribution is -2.30. The molecule has 4 rings (SSSR count). The highest BCUT2D eigenvalue weighted by molar-refractivity contribution is 5.38. The van der Waals surface area contributed by atoms with Crippen molar-refractivity contribution < 1.29 is 0 Å². The van der Waals surface area contributed by atoms with E-state index >= 15 is 0 Å². The Morgan fingerprint density at radius 2 is 1.70 bits per heavy atom. The van der Waals surface area contributed by atoms with E-state index in [1.807, 2.05) is 0 Å². The zero-order valence-electron chi connectivity index (χ0n) is 13.9. The summed E-state index contributed by atoms with van der Waals surface area (Å²) in [5.41, 5.74) is 4.22. The van der Waals surface area contributed by atoms with Crippen molar-refractivity contribution in [3.63, 3.8) is 0 Å². The molecule has 2 heterocycles. The minimum absolute atomic E-state index is 0.600. The summed E-state index contributed by atoms with van der Waals surface area (Å²) >= 11 is 0. The molecule has 1 saturated carbocycles. The van der Waals surface area contributed by atoms with Gasteiger partial charge in [0.25, 0.3) is 0 Å². The first kappa shape index (κ1) is 14.9. The lowest BCUT2D eigenvalue weighted by atomic mass is 9.81. The zero-order valence-corrected chi connectivity index (χ0v) is 13.9. The Morgan fingerprint density at radius 1 is 0.913 bits per heavy atom. The number of hydrogen-bond donors (Lipinski definition) is 1. The Balaban J connectivity index is 1.75. The van der Waals surface area contributed by atoms with E-state index in [1.165, 1.54) is 61.9 Å². The van der Waals surface area contributed by atoms with Gasteiger partial charge < -0.3 is 5.32 Å². The molecule has 3 nitrogen and oxygen atoms in total. The van der Waals surface area contributed by atoms with Crippen LogP contribution in [0, 0.1) is 0 Å². The van der Waals surface area contributed by atoms with E-state index in [0.717, 1.165) is 19.0 Å². The van der Waals surface area contributed by atoms with Crippen LogP contribution in [0.1, 0.15) is 68.0 Å². The third kappa shape index (κ3) is 3.07. The molecule has 2 aliphatic rings. The highest BCUT2D eigenvalue weighted by Gasteiger charge is 2.28. The fraction of sp³-hybridized carbons (Fsp3) is 0.550. The number of nitrogens with one attached hydrogen (secondary N) is 1. The van der Waals surface area contributed by atoms with Crippen molar-refractivity contribution in [2.45, 2.75) is 56.8 Å². The van der Waals surface area contributed by atoms with Crippen LogP contribution < -0.4 is 5.32 Å². The highest BCUT2D eigenvalue weighted by Crippen LogP contribution is 2.38. The number of aromatic nitrogens is 2. The molecule has 0 bridgehead atoms. The minimum Gasteiger partial charge on any atom is -0.316 e. The molecule has 23 heavy (non-hydrogen) atoms. The van der Waals surface area contributed by atoms with E-state index < -0.39 is 0 Å². The summed E-state index contributed by atoms with van der Waals surface area (Å²) < 4.78 is 2.22. The molecule has 122 valence electrons. The van der Waals surface area contributed by atoms with Crippen LogP contribution in [0.3, 0.4) is 0 Å². The molecule has 1 atom stereocenters. The van der Waals surface area contributed by atoms with Gasteiger partial charge in [0.2, 0.25) is 0 Å². The third-order valence-electron chi connectivity index (χ3n) is 5.57. The van der Waals surface area contributed by atoms with Crippen LogP contribution in [0.15, 0.2) is 36.5 Å². The van der Waals surface area contributed by atoms with Crippen molar-refractivity contribution in [3.05, 3.63) is 47.8 Å². The quantitative estimate of drug-likeness (QED) is 0.911. The van der Waals surface area contributed by atoms with Crippen LogP contribution in [0.5, 0.6) is 0 Å². The summed E-state index contributed by atoms with van der Waals surface area (Å²) in [4.78, 5) is 0. The Morgan fingerprint density at radius 3 is 2.43 bits per heavy atom. The predicted octanol–water partition coefficient (Wildman–Crippen LogP) is 4.39. The molecule has 3 heteroatoms. The van der Waals surface area contributed by atoms with Crippen molar-refractivity contribution >= 4 is 0 Å². The highest BCUT2D eigenvalue weighted by atomic mass is 15.3. The average Bonchev–Trinajstić information content (AvgIpc) is 3.09. The summed E-state index contributed by atoms with van der Waals surface area (Å²) in [5.74, 6) is 1.32. The molecule has 1 aromatic heterocycles. The van der Waals surface area contributed by atoms with E-state index in [-0.39, 0.29) is 0 Å². The number of benzene rings is 1. The largest absolute Gasteiger partial charge is 0.316 e. The summed E-state index contributed by atoms with van der Waals surface area (Å²) in [7, 11) is 0. The smallest absolute Gasteiger partial charge is 0.0649 e. The van der Waals surface area contributed by atoms with Gasteiger partial charge in [-0.2, -0.15) is 5.10 Å². The van der Waals surface area contributed by atoms with Crippen LogP contribution in [-0.4, -0.2) is 22.9 Å². The molecule has 2 fully saturated rings. The molecule has 1 aromatic carbocycles. The molecular weight excluding hydrogens is 282 g/mol. The number of piperidine rings is 1. The topological polar surface area (TPSA) is 29.9 Å². The summed E-state index contributed by atoms with van der Waals surface area (Å²) in [6.45, 7) is 2.26. The minimum atomic E-state index is 0.600. The van der Waals surface area contributed by atoms with E-state index in [9.17, 15) is 0 Å². The molecule has 1 N–H and O–H groups in total. The van der Waals surface area contributed by atoms with Crippen molar-refractivity contribution in [2.24, 2.45) is 0 Å². The second-order valence-corrected chi connectivity index (χ2v) is 7.11. The van der Waals surface area contributed by atoms with Gasteiger partial charge in [0.1, 0.15) is 0 Å². The van der Waals surface area contributed by atoms with Crippen LogP contribution in [0.25, 0.3) is 5.69 Å². The SMILES string of the molecule is c1ccc(-n2ncc(C3CCCCC3)c2C2CCCNC2)cc1. The Kier molecular flexibility index (Phi) is 4.47. The van der Waals surface area contributed by atoms with Crippen molar-refractivity contribution in [1.82, 2.24) is 15.1 Å². The molecule has 0 spiro atoms. The maximum absolute atomic E-state index is 4.83. The van der Waals surface area contributed by atoms with Crippen molar-refractivity contribution in [3.8, 4) is 5.69 Å². The van der Waals surface area contributed by atoms with E-state index in [2.05, 4.69) is 46.5 Å². The number of hydrogen-bond acceptors (Lipinski definition) is 2. The first-order chi connectivity index (χ1) is 11.4. The summed E-state index contributed by atoms with van der Waals surface area (Å²) in [5, 5.41) is 8.42. The Bertz CT molecular complexity index is 620. The molecule has 1 aliphatic carbocycles. The van der Waals surface area contributed by atoms with E-state index in [4.69, 9.17) is 5.10 Å². The van der Waals surface area contributed by atoms with Gasteiger partial charge in [0, 0.05) is 12.5 Å². The van der Waals surface area contributed by atoms with E-state index in [0.29, 0.717) is 5.92 Å². The molecule has 2 aromatic rings. The lowest BCUT2D eigenvalue weighted by Gasteiger charge is -2.28. The van der Waals surface area contributed by atoms with E-state index in [1.54, 1.807) is 0 Å². The monoisotopic (exact) mass is 309 g/mol. The molecule has 0 radical (unpaired) electrons. The van der Waals surface area contributed by atoms with Gasteiger partial charge in [-0.1, -0.05) is 37.5 Å². The molecule has 0 amide bonds. The van der Waals surface area contributed by atoms with Crippen molar-refractivity contribution in [1.29, 1.82) is 0 Å². The number of nitrogens with zero attached hydrogens (tertiary/aromatic N) is 2. The van der Waals surface area contributed by atoms with Gasteiger partial charge in [-0.25, -0.2) is 4.68 Å². The fourth-order valence-electron chi connectivity index (χ4n) is 4.37. The molecular formula is C20H27N3. The first-order valence-corrected chi connectivity index (χ1v) is 9.27. The Hall–Kier alpha value is -1.61. The second kappa shape index (κ2) is 6.88. The number of rotatable bonds is 3. The zero-order chi connectivity index (χ0) is 15.5. The van der Waals surface area contributed by atoms with Crippen LogP contribution in [0.4, 0.5) is 0 Å². The Labute approximate surface area is 139 Å². The van der Waals surface area contributed by atoms with Crippen LogP contribution in [0.2, 0.25) is 0 Å². The third-order valence-corrected chi connectivity index (χ3v) is 5.57. The molecule has 1 unspecified atom stereocenters. The van der Waals surface area contributed by atoms with Crippen LogP contribution in [-0.2, 0) is 0 Å². The van der Waals surface area contributed by atoms with Crippen molar-refractivity contribution in [2.75, 3.05) is 13.1 Å². The van der Waals surface area contributed by atoms with Gasteiger partial charge in [-0.15, -0.1) is 0 Å². The lowest BCUT2D eigenvalue weighted by molar-refractivity contribution is 0.420. The molecule has 1 saturated heterocycles. The number of para-hydroxylation sites is 1. The standard InChI is InChI=1S/C20H27N3/c1-3-8-16(9-4-1)19-15-22-23(18-11-5-2-6-12-18)20(19)17-10-7-13-21-14-17/h2,5-6,11-12,15-17,21H,1,3-4,7-10,13-14H2. The predicted molar refractivity (Wildman–Crippen MR) is 94.2 cm³/mol. The summed E-state index contributed by atoms with van der Waals surface area (Å²) in [6.07, 6.45) is 11.6. The van der Waals surface area contributed by atoms with Gasteiger partial charge in [0.15, 0.2) is 0 Å². The normalized spacial score (nSPS) is 23.0. The first-order valence-electron chi connectivity index (χ1n) is 9.27.